The van der Waals surface area contributed by atoms with Crippen LogP contribution in [0.2, 0.25) is 0 Å². The molecule has 0 aliphatic rings. The van der Waals surface area contributed by atoms with Crippen molar-refractivity contribution in [3.05, 3.63) is 47.0 Å². The summed E-state index contributed by atoms with van der Waals surface area (Å²) in [5, 5.41) is 12.0. The van der Waals surface area contributed by atoms with Crippen molar-refractivity contribution in [2.75, 3.05) is 6.54 Å². The molecule has 0 saturated carbocycles. The highest BCUT2D eigenvalue weighted by Gasteiger charge is 2.09. The standard InChI is InChI=1S/C13H12FN5O/c14-11-4-3-9(2-1-5-15)6-10(11)7-16-13(20)12-8-17-19-18-12/h3-4,6,8H,5,7,15H2,(H,16,20)(H,17,18,19). The number of carbonyl (C=O) groups excluding carboxylic acids is 1. The SMILES string of the molecule is NCC#Cc1ccc(F)c(CNC(=O)c2cn[nH]n2)c1. The van der Waals surface area contributed by atoms with Gasteiger partial charge in [-0.2, -0.15) is 15.4 Å². The number of rotatable bonds is 3. The number of hydrogen-bond donors (Lipinski definition) is 3. The number of benzene rings is 1. The van der Waals surface area contributed by atoms with E-state index >= 15 is 0 Å². The average Bonchev–Trinajstić information content (AvgIpc) is 2.99. The molecule has 1 amide bonds. The molecule has 0 radical (unpaired) electrons. The van der Waals surface area contributed by atoms with Crippen LogP contribution in [0.5, 0.6) is 0 Å². The van der Waals surface area contributed by atoms with Gasteiger partial charge in [-0.15, -0.1) is 0 Å². The molecule has 1 heterocycles. The second-order valence-electron chi connectivity index (χ2n) is 3.85. The number of nitrogens with zero attached hydrogens (tertiary/aromatic N) is 2. The molecule has 0 spiro atoms. The van der Waals surface area contributed by atoms with E-state index in [1.165, 1.54) is 12.3 Å². The third kappa shape index (κ3) is 3.40. The quantitative estimate of drug-likeness (QED) is 0.695. The highest BCUT2D eigenvalue weighted by Crippen LogP contribution is 2.10. The Morgan fingerprint density at radius 3 is 3.05 bits per heavy atom. The number of hydrogen-bond acceptors (Lipinski definition) is 4. The molecule has 2 rings (SSSR count). The fourth-order valence-electron chi connectivity index (χ4n) is 1.52. The molecular formula is C13H12FN5O. The Morgan fingerprint density at radius 1 is 1.50 bits per heavy atom. The van der Waals surface area contributed by atoms with Crippen LogP contribution in [0.3, 0.4) is 0 Å². The van der Waals surface area contributed by atoms with E-state index in [0.29, 0.717) is 11.1 Å². The van der Waals surface area contributed by atoms with E-state index in [-0.39, 0.29) is 18.8 Å². The van der Waals surface area contributed by atoms with Crippen LogP contribution in [0.1, 0.15) is 21.6 Å². The van der Waals surface area contributed by atoms with E-state index in [4.69, 9.17) is 5.73 Å². The Morgan fingerprint density at radius 2 is 2.35 bits per heavy atom. The molecule has 0 aliphatic carbocycles. The van der Waals surface area contributed by atoms with Crippen LogP contribution in [-0.2, 0) is 6.54 Å². The maximum atomic E-state index is 13.6. The summed E-state index contributed by atoms with van der Waals surface area (Å²) in [5.41, 5.74) is 6.40. The Labute approximate surface area is 114 Å². The van der Waals surface area contributed by atoms with Gasteiger partial charge in [0, 0.05) is 17.7 Å². The summed E-state index contributed by atoms with van der Waals surface area (Å²) in [4.78, 5) is 11.6. The topological polar surface area (TPSA) is 96.7 Å². The van der Waals surface area contributed by atoms with E-state index in [0.717, 1.165) is 0 Å². The van der Waals surface area contributed by atoms with Gasteiger partial charge < -0.3 is 11.1 Å². The summed E-state index contributed by atoms with van der Waals surface area (Å²) in [6, 6.07) is 4.43. The van der Waals surface area contributed by atoms with E-state index in [1.54, 1.807) is 12.1 Å². The molecule has 0 unspecified atom stereocenters. The largest absolute Gasteiger partial charge is 0.346 e. The highest BCUT2D eigenvalue weighted by atomic mass is 19.1. The minimum Gasteiger partial charge on any atom is -0.346 e. The van der Waals surface area contributed by atoms with Crippen molar-refractivity contribution in [3.8, 4) is 11.8 Å². The number of H-pyrrole nitrogens is 1. The smallest absolute Gasteiger partial charge is 0.273 e. The summed E-state index contributed by atoms with van der Waals surface area (Å²) in [5.74, 6) is 4.64. The molecule has 1 aromatic heterocycles. The van der Waals surface area contributed by atoms with Gasteiger partial charge in [0.15, 0.2) is 5.69 Å². The van der Waals surface area contributed by atoms with Gasteiger partial charge in [0.1, 0.15) is 5.82 Å². The first-order valence-electron chi connectivity index (χ1n) is 5.82. The van der Waals surface area contributed by atoms with Crippen molar-refractivity contribution in [1.82, 2.24) is 20.7 Å². The maximum absolute atomic E-state index is 13.6. The molecule has 6 nitrogen and oxygen atoms in total. The summed E-state index contributed by atoms with van der Waals surface area (Å²) < 4.78 is 13.6. The van der Waals surface area contributed by atoms with Crippen molar-refractivity contribution < 1.29 is 9.18 Å². The van der Waals surface area contributed by atoms with Crippen LogP contribution in [-0.4, -0.2) is 27.9 Å². The lowest BCUT2D eigenvalue weighted by Gasteiger charge is -2.05. The molecule has 2 aromatic rings. The zero-order valence-corrected chi connectivity index (χ0v) is 10.5. The molecule has 0 atom stereocenters. The normalized spacial score (nSPS) is 9.70. The Bertz CT molecular complexity index is 657. The lowest BCUT2D eigenvalue weighted by molar-refractivity contribution is 0.0945. The molecule has 0 saturated heterocycles. The number of halogens is 1. The molecule has 0 bridgehead atoms. The summed E-state index contributed by atoms with van der Waals surface area (Å²) in [7, 11) is 0. The maximum Gasteiger partial charge on any atom is 0.273 e. The Kier molecular flexibility index (Phi) is 4.42. The third-order valence-corrected chi connectivity index (χ3v) is 2.47. The molecule has 102 valence electrons. The lowest BCUT2D eigenvalue weighted by Crippen LogP contribution is -2.23. The molecule has 7 heteroatoms. The van der Waals surface area contributed by atoms with E-state index in [1.807, 2.05) is 0 Å². The third-order valence-electron chi connectivity index (χ3n) is 2.47. The van der Waals surface area contributed by atoms with Gasteiger partial charge in [0.25, 0.3) is 5.91 Å². The van der Waals surface area contributed by atoms with Gasteiger partial charge >= 0.3 is 0 Å². The van der Waals surface area contributed by atoms with Crippen LogP contribution >= 0.6 is 0 Å². The van der Waals surface area contributed by atoms with Gasteiger partial charge in [0.05, 0.1) is 12.7 Å². The van der Waals surface area contributed by atoms with Gasteiger partial charge in [-0.1, -0.05) is 11.8 Å². The Hall–Kier alpha value is -2.72. The van der Waals surface area contributed by atoms with E-state index in [2.05, 4.69) is 32.6 Å². The van der Waals surface area contributed by atoms with Crippen molar-refractivity contribution in [3.63, 3.8) is 0 Å². The first kappa shape index (κ1) is 13.7. The monoisotopic (exact) mass is 273 g/mol. The van der Waals surface area contributed by atoms with Crippen molar-refractivity contribution in [1.29, 1.82) is 0 Å². The second-order valence-corrected chi connectivity index (χ2v) is 3.85. The highest BCUT2D eigenvalue weighted by molar-refractivity contribution is 5.91. The van der Waals surface area contributed by atoms with Crippen LogP contribution in [0.15, 0.2) is 24.4 Å². The number of amides is 1. The van der Waals surface area contributed by atoms with Gasteiger partial charge in [0.2, 0.25) is 0 Å². The number of carbonyl (C=O) groups is 1. The predicted octanol–water partition coefficient (Wildman–Crippen LogP) is 0.184. The number of aromatic nitrogens is 3. The predicted molar refractivity (Wildman–Crippen MR) is 69.9 cm³/mol. The fourth-order valence-corrected chi connectivity index (χ4v) is 1.52. The summed E-state index contributed by atoms with van der Waals surface area (Å²) in [6.07, 6.45) is 1.29. The molecule has 20 heavy (non-hydrogen) atoms. The zero-order valence-electron chi connectivity index (χ0n) is 10.5. The van der Waals surface area contributed by atoms with Crippen LogP contribution in [0.4, 0.5) is 4.39 Å². The minimum atomic E-state index is -0.434. The molecule has 4 N–H and O–H groups in total. The fraction of sp³-hybridized carbons (Fsp3) is 0.154. The summed E-state index contributed by atoms with van der Waals surface area (Å²) >= 11 is 0. The van der Waals surface area contributed by atoms with Crippen LogP contribution in [0, 0.1) is 17.7 Å². The average molecular weight is 273 g/mol. The first-order chi connectivity index (χ1) is 9.70. The number of nitrogens with two attached hydrogens (primary N) is 1. The van der Waals surface area contributed by atoms with Crippen molar-refractivity contribution >= 4 is 5.91 Å². The Balaban J connectivity index is 2.07. The van der Waals surface area contributed by atoms with Gasteiger partial charge in [-0.3, -0.25) is 4.79 Å². The minimum absolute atomic E-state index is 0.0374. The first-order valence-corrected chi connectivity index (χ1v) is 5.82. The molecule has 0 aliphatic heterocycles. The van der Waals surface area contributed by atoms with Crippen LogP contribution in [0.25, 0.3) is 0 Å². The van der Waals surface area contributed by atoms with E-state index < -0.39 is 11.7 Å². The van der Waals surface area contributed by atoms with Crippen molar-refractivity contribution in [2.45, 2.75) is 6.54 Å². The van der Waals surface area contributed by atoms with Crippen LogP contribution < -0.4 is 11.1 Å². The van der Waals surface area contributed by atoms with Gasteiger partial charge in [-0.25, -0.2) is 4.39 Å². The van der Waals surface area contributed by atoms with E-state index in [9.17, 15) is 9.18 Å². The summed E-state index contributed by atoms with van der Waals surface area (Å²) in [6.45, 7) is 0.269. The molecule has 1 aromatic carbocycles. The van der Waals surface area contributed by atoms with Crippen molar-refractivity contribution in [2.24, 2.45) is 5.73 Å². The zero-order chi connectivity index (χ0) is 14.4. The number of aromatic amines is 1. The molecule has 0 fully saturated rings. The second kappa shape index (κ2) is 6.45. The number of nitrogens with one attached hydrogen (secondary N) is 2. The molecular weight excluding hydrogens is 261 g/mol. The lowest BCUT2D eigenvalue weighted by atomic mass is 10.1. The van der Waals surface area contributed by atoms with Gasteiger partial charge in [-0.05, 0) is 18.2 Å².